The van der Waals surface area contributed by atoms with Crippen molar-refractivity contribution in [1.29, 1.82) is 0 Å². The quantitative estimate of drug-likeness (QED) is 0.799. The van der Waals surface area contributed by atoms with Gasteiger partial charge in [0.05, 0.1) is 13.2 Å². The van der Waals surface area contributed by atoms with Crippen molar-refractivity contribution < 1.29 is 19.1 Å². The van der Waals surface area contributed by atoms with Gasteiger partial charge < -0.3 is 19.3 Å². The summed E-state index contributed by atoms with van der Waals surface area (Å²) in [5.41, 5.74) is -0.00828. The Morgan fingerprint density at radius 3 is 2.59 bits per heavy atom. The number of amides is 2. The SMILES string of the molecule is O=C(C1CCOCC1)N1CCOC2(CCCCN(c3ccccc3)C2=O)C1. The van der Waals surface area contributed by atoms with E-state index in [9.17, 15) is 9.59 Å². The van der Waals surface area contributed by atoms with E-state index in [0.29, 0.717) is 45.9 Å². The van der Waals surface area contributed by atoms with Gasteiger partial charge in [-0.25, -0.2) is 0 Å². The minimum atomic E-state index is -0.911. The van der Waals surface area contributed by atoms with Gasteiger partial charge in [0.2, 0.25) is 5.91 Å². The number of nitrogens with zero attached hydrogens (tertiary/aromatic N) is 2. The second-order valence-corrected chi connectivity index (χ2v) is 7.74. The van der Waals surface area contributed by atoms with Crippen LogP contribution in [0.5, 0.6) is 0 Å². The molecule has 0 aromatic heterocycles. The smallest absolute Gasteiger partial charge is 0.261 e. The van der Waals surface area contributed by atoms with Crippen molar-refractivity contribution in [3.63, 3.8) is 0 Å². The largest absolute Gasteiger partial charge is 0.381 e. The molecule has 4 rings (SSSR count). The first kappa shape index (κ1) is 18.4. The molecular formula is C21H28N2O4. The van der Waals surface area contributed by atoms with Crippen LogP contribution in [0.15, 0.2) is 30.3 Å². The fourth-order valence-corrected chi connectivity index (χ4v) is 4.44. The molecule has 0 saturated carbocycles. The molecule has 0 bridgehead atoms. The standard InChI is InChI=1S/C21H28N2O4/c24-19(17-8-13-26-14-9-17)22-12-15-27-21(16-22)10-4-5-11-23(20(21)25)18-6-2-1-3-7-18/h1-3,6-7,17H,4-5,8-16H2. The number of benzene rings is 1. The van der Waals surface area contributed by atoms with E-state index in [0.717, 1.165) is 31.4 Å². The number of hydrogen-bond donors (Lipinski definition) is 0. The molecule has 1 spiro atoms. The molecular weight excluding hydrogens is 344 g/mol. The highest BCUT2D eigenvalue weighted by molar-refractivity contribution is 6.00. The zero-order valence-electron chi connectivity index (χ0n) is 15.8. The van der Waals surface area contributed by atoms with Gasteiger partial charge in [-0.2, -0.15) is 0 Å². The zero-order valence-corrected chi connectivity index (χ0v) is 15.8. The fourth-order valence-electron chi connectivity index (χ4n) is 4.44. The lowest BCUT2D eigenvalue weighted by atomic mass is 9.92. The van der Waals surface area contributed by atoms with Crippen molar-refractivity contribution in [3.8, 4) is 0 Å². The van der Waals surface area contributed by atoms with Crippen LogP contribution in [0.2, 0.25) is 0 Å². The van der Waals surface area contributed by atoms with Crippen molar-refractivity contribution in [1.82, 2.24) is 4.90 Å². The molecule has 6 heteroatoms. The predicted molar refractivity (Wildman–Crippen MR) is 101 cm³/mol. The second kappa shape index (κ2) is 7.98. The van der Waals surface area contributed by atoms with E-state index in [4.69, 9.17) is 9.47 Å². The van der Waals surface area contributed by atoms with Crippen LogP contribution in [0.1, 0.15) is 32.1 Å². The maximum absolute atomic E-state index is 13.5. The van der Waals surface area contributed by atoms with E-state index < -0.39 is 5.60 Å². The van der Waals surface area contributed by atoms with Crippen LogP contribution in [-0.4, -0.2) is 61.8 Å². The van der Waals surface area contributed by atoms with Crippen molar-refractivity contribution in [2.24, 2.45) is 5.92 Å². The van der Waals surface area contributed by atoms with E-state index in [2.05, 4.69) is 0 Å². The molecule has 3 fully saturated rings. The summed E-state index contributed by atoms with van der Waals surface area (Å²) in [6.07, 6.45) is 4.08. The maximum Gasteiger partial charge on any atom is 0.261 e. The van der Waals surface area contributed by atoms with Gasteiger partial charge in [0.25, 0.3) is 5.91 Å². The zero-order chi connectivity index (χ0) is 18.7. The minimum Gasteiger partial charge on any atom is -0.381 e. The summed E-state index contributed by atoms with van der Waals surface area (Å²) in [6, 6.07) is 9.77. The van der Waals surface area contributed by atoms with E-state index in [-0.39, 0.29) is 17.7 Å². The van der Waals surface area contributed by atoms with Crippen LogP contribution in [0.4, 0.5) is 5.69 Å². The van der Waals surface area contributed by atoms with Gasteiger partial charge in [0, 0.05) is 37.9 Å². The number of hydrogen-bond acceptors (Lipinski definition) is 4. The third-order valence-electron chi connectivity index (χ3n) is 5.98. The highest BCUT2D eigenvalue weighted by Gasteiger charge is 2.48. The highest BCUT2D eigenvalue weighted by Crippen LogP contribution is 2.33. The van der Waals surface area contributed by atoms with Crippen LogP contribution in [0.3, 0.4) is 0 Å². The fraction of sp³-hybridized carbons (Fsp3) is 0.619. The van der Waals surface area contributed by atoms with Gasteiger partial charge in [0.1, 0.15) is 0 Å². The number of anilines is 1. The predicted octanol–water partition coefficient (Wildman–Crippen LogP) is 2.23. The molecule has 0 radical (unpaired) electrons. The third-order valence-corrected chi connectivity index (χ3v) is 5.98. The summed E-state index contributed by atoms with van der Waals surface area (Å²) in [5, 5.41) is 0. The summed E-state index contributed by atoms with van der Waals surface area (Å²) in [6.45, 7) is 3.34. The first-order valence-electron chi connectivity index (χ1n) is 10.1. The molecule has 1 atom stereocenters. The second-order valence-electron chi connectivity index (χ2n) is 7.74. The molecule has 3 heterocycles. The molecule has 0 aliphatic carbocycles. The molecule has 2 amide bonds. The Morgan fingerprint density at radius 1 is 1.04 bits per heavy atom. The summed E-state index contributed by atoms with van der Waals surface area (Å²) >= 11 is 0. The van der Waals surface area contributed by atoms with Crippen molar-refractivity contribution >= 4 is 17.5 Å². The maximum atomic E-state index is 13.5. The first-order chi connectivity index (χ1) is 13.2. The van der Waals surface area contributed by atoms with Crippen LogP contribution in [0.25, 0.3) is 0 Å². The van der Waals surface area contributed by atoms with Gasteiger partial charge in [-0.1, -0.05) is 18.2 Å². The molecule has 1 aromatic rings. The number of para-hydroxylation sites is 1. The number of carbonyl (C=O) groups excluding carboxylic acids is 2. The Bertz CT molecular complexity index is 674. The number of morpholine rings is 1. The summed E-state index contributed by atoms with van der Waals surface area (Å²) in [7, 11) is 0. The Labute approximate surface area is 160 Å². The lowest BCUT2D eigenvalue weighted by molar-refractivity contribution is -0.167. The third kappa shape index (κ3) is 3.73. The summed E-state index contributed by atoms with van der Waals surface area (Å²) in [5.74, 6) is 0.167. The molecule has 1 unspecified atom stereocenters. The van der Waals surface area contributed by atoms with E-state index >= 15 is 0 Å². The number of ether oxygens (including phenoxy) is 2. The summed E-state index contributed by atoms with van der Waals surface area (Å²) in [4.78, 5) is 30.2. The molecule has 1 aromatic carbocycles. The average molecular weight is 372 g/mol. The molecule has 3 aliphatic heterocycles. The van der Waals surface area contributed by atoms with E-state index in [1.54, 1.807) is 0 Å². The monoisotopic (exact) mass is 372 g/mol. The van der Waals surface area contributed by atoms with Crippen molar-refractivity contribution in [2.45, 2.75) is 37.7 Å². The summed E-state index contributed by atoms with van der Waals surface area (Å²) < 4.78 is 11.5. The van der Waals surface area contributed by atoms with Gasteiger partial charge in [-0.15, -0.1) is 0 Å². The lowest BCUT2D eigenvalue weighted by Gasteiger charge is -2.43. The van der Waals surface area contributed by atoms with Gasteiger partial charge in [-0.05, 0) is 44.2 Å². The minimum absolute atomic E-state index is 0.00400. The Morgan fingerprint density at radius 2 is 1.81 bits per heavy atom. The Kier molecular flexibility index (Phi) is 5.45. The van der Waals surface area contributed by atoms with Crippen LogP contribution in [-0.2, 0) is 19.1 Å². The Balaban J connectivity index is 1.54. The molecule has 3 aliphatic rings. The highest BCUT2D eigenvalue weighted by atomic mass is 16.5. The van der Waals surface area contributed by atoms with Gasteiger partial charge >= 0.3 is 0 Å². The van der Waals surface area contributed by atoms with Gasteiger partial charge in [0.15, 0.2) is 5.60 Å². The van der Waals surface area contributed by atoms with Crippen LogP contribution >= 0.6 is 0 Å². The first-order valence-corrected chi connectivity index (χ1v) is 10.1. The van der Waals surface area contributed by atoms with Crippen molar-refractivity contribution in [3.05, 3.63) is 30.3 Å². The molecule has 146 valence electrons. The normalized spacial score (nSPS) is 27.6. The van der Waals surface area contributed by atoms with Gasteiger partial charge in [-0.3, -0.25) is 9.59 Å². The number of carbonyl (C=O) groups is 2. The molecule has 6 nitrogen and oxygen atoms in total. The molecule has 27 heavy (non-hydrogen) atoms. The van der Waals surface area contributed by atoms with Crippen molar-refractivity contribution in [2.75, 3.05) is 44.4 Å². The van der Waals surface area contributed by atoms with E-state index in [1.807, 2.05) is 40.1 Å². The number of rotatable bonds is 2. The van der Waals surface area contributed by atoms with Crippen LogP contribution < -0.4 is 4.90 Å². The van der Waals surface area contributed by atoms with E-state index in [1.165, 1.54) is 0 Å². The van der Waals surface area contributed by atoms with Crippen LogP contribution in [0, 0.1) is 5.92 Å². The molecule has 0 N–H and O–H groups in total. The molecule has 3 saturated heterocycles. The lowest BCUT2D eigenvalue weighted by Crippen LogP contribution is -2.61. The topological polar surface area (TPSA) is 59.1 Å². The average Bonchev–Trinajstić information content (AvgIpc) is 2.88. The Hall–Kier alpha value is -1.92.